The monoisotopic (exact) mass is 533 g/mol. The molecule has 0 atom stereocenters. The van der Waals surface area contributed by atoms with Crippen molar-refractivity contribution in [3.05, 3.63) is 76.5 Å². The van der Waals surface area contributed by atoms with Crippen molar-refractivity contribution in [2.24, 2.45) is 0 Å². The van der Waals surface area contributed by atoms with Gasteiger partial charge < -0.3 is 14.6 Å². The van der Waals surface area contributed by atoms with Crippen LogP contribution in [-0.4, -0.2) is 24.1 Å². The third kappa shape index (κ3) is 6.27. The van der Waals surface area contributed by atoms with Gasteiger partial charge in [-0.05, 0) is 80.0 Å². The van der Waals surface area contributed by atoms with Crippen molar-refractivity contribution in [2.45, 2.75) is 25.9 Å². The summed E-state index contributed by atoms with van der Waals surface area (Å²) in [6.07, 6.45) is 0.110. The lowest BCUT2D eigenvalue weighted by Crippen LogP contribution is -2.33. The molecule has 10 heteroatoms. The Morgan fingerprint density at radius 3 is 2.56 bits per heavy atom. The van der Waals surface area contributed by atoms with Gasteiger partial charge in [-0.3, -0.25) is 10.1 Å². The van der Waals surface area contributed by atoms with E-state index in [9.17, 15) is 18.0 Å². The van der Waals surface area contributed by atoms with Gasteiger partial charge in [0.05, 0.1) is 16.9 Å². The molecule has 1 aliphatic heterocycles. The minimum Gasteiger partial charge on any atom is -0.457 e. The molecule has 5 nitrogen and oxygen atoms in total. The maximum atomic E-state index is 13.3. The van der Waals surface area contributed by atoms with Crippen LogP contribution in [-0.2, 0) is 11.0 Å². The maximum absolute atomic E-state index is 13.3. The molecule has 0 bridgehead atoms. The van der Waals surface area contributed by atoms with Gasteiger partial charge in [-0.25, -0.2) is 0 Å². The minimum absolute atomic E-state index is 0.112. The first kappa shape index (κ1) is 25.8. The number of furan rings is 1. The van der Waals surface area contributed by atoms with E-state index in [-0.39, 0.29) is 10.8 Å². The highest BCUT2D eigenvalue weighted by molar-refractivity contribution is 7.80. The van der Waals surface area contributed by atoms with Crippen LogP contribution < -0.4 is 15.5 Å². The molecule has 0 radical (unpaired) electrons. The first-order valence-electron chi connectivity index (χ1n) is 11.2. The number of hydrogen-bond donors (Lipinski definition) is 2. The Hall–Kier alpha value is -3.30. The smallest absolute Gasteiger partial charge is 0.416 e. The van der Waals surface area contributed by atoms with E-state index in [2.05, 4.69) is 10.6 Å². The van der Waals surface area contributed by atoms with E-state index in [1.54, 1.807) is 18.2 Å². The summed E-state index contributed by atoms with van der Waals surface area (Å²) in [5.41, 5.74) is 1.74. The average Bonchev–Trinajstić information content (AvgIpc) is 3.51. The van der Waals surface area contributed by atoms with E-state index in [1.807, 2.05) is 24.0 Å². The molecule has 0 aliphatic carbocycles. The van der Waals surface area contributed by atoms with Crippen LogP contribution in [0.2, 0.25) is 5.02 Å². The number of alkyl halides is 3. The number of anilines is 2. The van der Waals surface area contributed by atoms with Crippen LogP contribution in [0.4, 0.5) is 24.5 Å². The SMILES string of the molecule is Cc1ccc(-c2ccc(/C=C/C(=O)NC(=S)Nc3cc(C(F)(F)F)ccc3N3CCCC3)o2)cc1Cl. The van der Waals surface area contributed by atoms with Gasteiger partial charge >= 0.3 is 6.18 Å². The van der Waals surface area contributed by atoms with Gasteiger partial charge in [0.2, 0.25) is 5.91 Å². The summed E-state index contributed by atoms with van der Waals surface area (Å²) in [5, 5.41) is 5.72. The van der Waals surface area contributed by atoms with Gasteiger partial charge in [0, 0.05) is 29.8 Å². The molecular formula is C26H23ClF3N3O2S. The summed E-state index contributed by atoms with van der Waals surface area (Å²) in [6, 6.07) is 12.5. The first-order chi connectivity index (χ1) is 17.1. The number of halogens is 4. The Morgan fingerprint density at radius 2 is 1.86 bits per heavy atom. The van der Waals surface area contributed by atoms with Crippen molar-refractivity contribution in [2.75, 3.05) is 23.3 Å². The number of amides is 1. The number of hydrogen-bond acceptors (Lipinski definition) is 4. The Bertz CT molecular complexity index is 1310. The van der Waals surface area contributed by atoms with Crippen molar-refractivity contribution in [3.63, 3.8) is 0 Å². The van der Waals surface area contributed by atoms with Crippen molar-refractivity contribution in [3.8, 4) is 11.3 Å². The van der Waals surface area contributed by atoms with Gasteiger partial charge in [-0.2, -0.15) is 13.2 Å². The number of thiocarbonyl (C=S) groups is 1. The van der Waals surface area contributed by atoms with Crippen molar-refractivity contribution < 1.29 is 22.4 Å². The van der Waals surface area contributed by atoms with Crippen LogP contribution >= 0.6 is 23.8 Å². The Morgan fingerprint density at radius 1 is 1.11 bits per heavy atom. The second-order valence-electron chi connectivity index (χ2n) is 8.37. The number of aryl methyl sites for hydroxylation is 1. The highest BCUT2D eigenvalue weighted by Crippen LogP contribution is 2.36. The molecule has 1 fully saturated rings. The largest absolute Gasteiger partial charge is 0.457 e. The van der Waals surface area contributed by atoms with E-state index in [0.717, 1.165) is 49.2 Å². The topological polar surface area (TPSA) is 57.5 Å². The molecule has 0 saturated carbocycles. The summed E-state index contributed by atoms with van der Waals surface area (Å²) in [5.74, 6) is 0.469. The normalized spacial score (nSPS) is 13.9. The van der Waals surface area contributed by atoms with Crippen molar-refractivity contribution >= 4 is 52.3 Å². The second-order valence-corrected chi connectivity index (χ2v) is 9.18. The molecule has 2 N–H and O–H groups in total. The van der Waals surface area contributed by atoms with E-state index >= 15 is 0 Å². The van der Waals surface area contributed by atoms with Crippen LogP contribution in [0.25, 0.3) is 17.4 Å². The summed E-state index contributed by atoms with van der Waals surface area (Å²) >= 11 is 11.4. The van der Waals surface area contributed by atoms with Gasteiger partial charge in [-0.15, -0.1) is 0 Å². The van der Waals surface area contributed by atoms with Crippen LogP contribution in [0.5, 0.6) is 0 Å². The molecule has 1 amide bonds. The van der Waals surface area contributed by atoms with Crippen LogP contribution in [0.15, 0.2) is 59.0 Å². The predicted molar refractivity (Wildman–Crippen MR) is 140 cm³/mol. The third-order valence-corrected chi connectivity index (χ3v) is 6.35. The fourth-order valence-corrected chi connectivity index (χ4v) is 4.25. The molecule has 1 saturated heterocycles. The number of nitrogens with zero attached hydrogens (tertiary/aromatic N) is 1. The zero-order chi connectivity index (χ0) is 25.9. The van der Waals surface area contributed by atoms with Gasteiger partial charge in [0.1, 0.15) is 11.5 Å². The minimum atomic E-state index is -4.50. The van der Waals surface area contributed by atoms with Gasteiger partial charge in [0.15, 0.2) is 5.11 Å². The molecule has 2 heterocycles. The lowest BCUT2D eigenvalue weighted by molar-refractivity contribution is -0.137. The molecule has 188 valence electrons. The predicted octanol–water partition coefficient (Wildman–Crippen LogP) is 7.05. The molecular weight excluding hydrogens is 511 g/mol. The Balaban J connectivity index is 1.42. The van der Waals surface area contributed by atoms with Crippen molar-refractivity contribution in [1.82, 2.24) is 5.32 Å². The lowest BCUT2D eigenvalue weighted by atomic mass is 10.1. The number of rotatable bonds is 5. The fraction of sp³-hybridized carbons (Fsp3) is 0.231. The number of carbonyl (C=O) groups is 1. The zero-order valence-corrected chi connectivity index (χ0v) is 20.9. The third-order valence-electron chi connectivity index (χ3n) is 5.74. The first-order valence-corrected chi connectivity index (χ1v) is 12.0. The lowest BCUT2D eigenvalue weighted by Gasteiger charge is -2.23. The Labute approximate surface area is 216 Å². The van der Waals surface area contributed by atoms with Crippen LogP contribution in [0.1, 0.15) is 29.7 Å². The maximum Gasteiger partial charge on any atom is 0.416 e. The highest BCUT2D eigenvalue weighted by Gasteiger charge is 2.32. The summed E-state index contributed by atoms with van der Waals surface area (Å²) in [4.78, 5) is 14.4. The fourth-order valence-electron chi connectivity index (χ4n) is 3.85. The molecule has 0 spiro atoms. The molecule has 36 heavy (non-hydrogen) atoms. The van der Waals surface area contributed by atoms with E-state index in [1.165, 1.54) is 18.2 Å². The number of benzene rings is 2. The average molecular weight is 534 g/mol. The van der Waals surface area contributed by atoms with Gasteiger partial charge in [0.25, 0.3) is 0 Å². The standard InChI is InChI=1S/C26H23ClF3N3O2S/c1-16-4-5-17(14-20(16)27)23-10-7-19(35-23)8-11-24(34)32-25(36)31-21-15-18(26(28,29)30)6-9-22(21)33-12-2-3-13-33/h4-11,14-15H,2-3,12-13H2,1H3,(H2,31,32,34,36)/b11-8+. The molecule has 1 aliphatic rings. The van der Waals surface area contributed by atoms with E-state index in [4.69, 9.17) is 28.2 Å². The molecule has 4 rings (SSSR count). The highest BCUT2D eigenvalue weighted by atomic mass is 35.5. The molecule has 2 aromatic carbocycles. The molecule has 3 aromatic rings. The van der Waals surface area contributed by atoms with Crippen LogP contribution in [0.3, 0.4) is 0 Å². The summed E-state index contributed by atoms with van der Waals surface area (Å²) in [6.45, 7) is 3.38. The van der Waals surface area contributed by atoms with Crippen LogP contribution in [0, 0.1) is 6.92 Å². The summed E-state index contributed by atoms with van der Waals surface area (Å²) < 4.78 is 45.5. The quantitative estimate of drug-likeness (QED) is 0.272. The molecule has 1 aromatic heterocycles. The molecule has 0 unspecified atom stereocenters. The van der Waals surface area contributed by atoms with Crippen molar-refractivity contribution in [1.29, 1.82) is 0 Å². The van der Waals surface area contributed by atoms with E-state index < -0.39 is 17.6 Å². The zero-order valence-electron chi connectivity index (χ0n) is 19.3. The number of carbonyl (C=O) groups excluding carboxylic acids is 1. The Kier molecular flexibility index (Phi) is 7.70. The summed E-state index contributed by atoms with van der Waals surface area (Å²) in [7, 11) is 0. The van der Waals surface area contributed by atoms with E-state index in [0.29, 0.717) is 22.2 Å². The second kappa shape index (κ2) is 10.8. The number of nitrogens with one attached hydrogen (secondary N) is 2. The van der Waals surface area contributed by atoms with Gasteiger partial charge in [-0.1, -0.05) is 23.7 Å².